The van der Waals surface area contributed by atoms with Gasteiger partial charge in [0.2, 0.25) is 0 Å². The number of hydrogen-bond acceptors (Lipinski definition) is 4. The van der Waals surface area contributed by atoms with Crippen LogP contribution in [0.15, 0.2) is 12.4 Å². The molecule has 0 atom stereocenters. The van der Waals surface area contributed by atoms with Crippen LogP contribution in [0.1, 0.15) is 38.8 Å². The second-order valence-electron chi connectivity index (χ2n) is 4.98. The molecule has 0 saturated heterocycles. The Bertz CT molecular complexity index is 400. The minimum Gasteiger partial charge on any atom is -0.352 e. The first kappa shape index (κ1) is 11.8. The molecule has 0 aromatic carbocycles. The zero-order chi connectivity index (χ0) is 12.3. The summed E-state index contributed by atoms with van der Waals surface area (Å²) < 4.78 is 0. The van der Waals surface area contributed by atoms with Crippen LogP contribution in [0.3, 0.4) is 0 Å². The van der Waals surface area contributed by atoms with Crippen molar-refractivity contribution in [2.45, 2.75) is 39.2 Å². The zero-order valence-corrected chi connectivity index (χ0v) is 10.4. The van der Waals surface area contributed by atoms with Crippen LogP contribution in [0.4, 0.5) is 5.82 Å². The van der Waals surface area contributed by atoms with Crippen LogP contribution in [-0.4, -0.2) is 22.6 Å². The van der Waals surface area contributed by atoms with E-state index >= 15 is 0 Å². The van der Waals surface area contributed by atoms with E-state index in [0.29, 0.717) is 17.7 Å². The van der Waals surface area contributed by atoms with E-state index in [1.807, 2.05) is 6.07 Å². The van der Waals surface area contributed by atoms with Gasteiger partial charge in [-0.3, -0.25) is 0 Å². The van der Waals surface area contributed by atoms with E-state index in [4.69, 9.17) is 5.26 Å². The maximum absolute atomic E-state index is 8.70. The molecule has 17 heavy (non-hydrogen) atoms. The average molecular weight is 230 g/mol. The highest BCUT2D eigenvalue weighted by atomic mass is 15.2. The molecular formula is C13H18N4. The Morgan fingerprint density at radius 2 is 2.18 bits per heavy atom. The van der Waals surface area contributed by atoms with Gasteiger partial charge in [-0.2, -0.15) is 5.26 Å². The molecule has 1 heterocycles. The summed E-state index contributed by atoms with van der Waals surface area (Å²) in [5, 5.41) is 8.70. The van der Waals surface area contributed by atoms with Crippen LogP contribution in [0, 0.1) is 17.2 Å². The smallest absolute Gasteiger partial charge is 0.158 e. The highest BCUT2D eigenvalue weighted by Gasteiger charge is 2.29. The summed E-state index contributed by atoms with van der Waals surface area (Å²) in [7, 11) is 0. The summed E-state index contributed by atoms with van der Waals surface area (Å²) in [5.41, 5.74) is 0.383. The third-order valence-corrected chi connectivity index (χ3v) is 2.98. The number of rotatable bonds is 5. The van der Waals surface area contributed by atoms with Crippen molar-refractivity contribution in [3.8, 4) is 6.07 Å². The van der Waals surface area contributed by atoms with Gasteiger partial charge >= 0.3 is 0 Å². The number of hydrogen-bond donors (Lipinski definition) is 0. The van der Waals surface area contributed by atoms with Gasteiger partial charge in [0.25, 0.3) is 0 Å². The van der Waals surface area contributed by atoms with E-state index in [0.717, 1.165) is 18.8 Å². The molecule has 1 saturated carbocycles. The Morgan fingerprint density at radius 3 is 2.65 bits per heavy atom. The Kier molecular flexibility index (Phi) is 3.58. The highest BCUT2D eigenvalue weighted by Crippen LogP contribution is 2.30. The van der Waals surface area contributed by atoms with Crippen molar-refractivity contribution in [3.05, 3.63) is 18.1 Å². The number of anilines is 1. The summed E-state index contributed by atoms with van der Waals surface area (Å²) in [4.78, 5) is 10.7. The SMILES string of the molecule is CC(C)CCN(c1cnc(C#N)cn1)C1CC1. The van der Waals surface area contributed by atoms with Crippen molar-refractivity contribution in [3.63, 3.8) is 0 Å². The molecule has 0 aliphatic heterocycles. The molecule has 0 spiro atoms. The fourth-order valence-corrected chi connectivity index (χ4v) is 1.79. The average Bonchev–Trinajstić information content (AvgIpc) is 3.14. The lowest BCUT2D eigenvalue weighted by molar-refractivity contribution is 0.568. The van der Waals surface area contributed by atoms with Crippen LogP contribution in [0.5, 0.6) is 0 Å². The third-order valence-electron chi connectivity index (χ3n) is 2.98. The van der Waals surface area contributed by atoms with Gasteiger partial charge in [0.05, 0.1) is 12.4 Å². The summed E-state index contributed by atoms with van der Waals surface area (Å²) in [6.45, 7) is 5.49. The number of nitrogens with zero attached hydrogens (tertiary/aromatic N) is 4. The van der Waals surface area contributed by atoms with Gasteiger partial charge in [0.1, 0.15) is 11.9 Å². The van der Waals surface area contributed by atoms with Crippen molar-refractivity contribution in [2.24, 2.45) is 5.92 Å². The quantitative estimate of drug-likeness (QED) is 0.779. The van der Waals surface area contributed by atoms with Gasteiger partial charge < -0.3 is 4.90 Å². The van der Waals surface area contributed by atoms with Crippen LogP contribution in [0.25, 0.3) is 0 Å². The lowest BCUT2D eigenvalue weighted by atomic mass is 10.1. The molecular weight excluding hydrogens is 212 g/mol. The monoisotopic (exact) mass is 230 g/mol. The van der Waals surface area contributed by atoms with Crippen molar-refractivity contribution in [1.29, 1.82) is 5.26 Å². The molecule has 0 amide bonds. The molecule has 0 radical (unpaired) electrons. The van der Waals surface area contributed by atoms with E-state index in [9.17, 15) is 0 Å². The van der Waals surface area contributed by atoms with Crippen molar-refractivity contribution < 1.29 is 0 Å². The zero-order valence-electron chi connectivity index (χ0n) is 10.4. The van der Waals surface area contributed by atoms with Crippen LogP contribution >= 0.6 is 0 Å². The van der Waals surface area contributed by atoms with Crippen LogP contribution < -0.4 is 4.90 Å². The Hall–Kier alpha value is -1.63. The van der Waals surface area contributed by atoms with E-state index in [2.05, 4.69) is 28.7 Å². The molecule has 4 heteroatoms. The summed E-state index contributed by atoms with van der Waals surface area (Å²) >= 11 is 0. The second kappa shape index (κ2) is 5.13. The molecule has 0 N–H and O–H groups in total. The van der Waals surface area contributed by atoms with E-state index in [-0.39, 0.29) is 0 Å². The lowest BCUT2D eigenvalue weighted by Gasteiger charge is -2.23. The lowest BCUT2D eigenvalue weighted by Crippen LogP contribution is -2.28. The number of aromatic nitrogens is 2. The van der Waals surface area contributed by atoms with E-state index in [1.54, 1.807) is 12.4 Å². The van der Waals surface area contributed by atoms with Gasteiger partial charge in [0.15, 0.2) is 5.69 Å². The van der Waals surface area contributed by atoms with Gasteiger partial charge in [0, 0.05) is 12.6 Å². The van der Waals surface area contributed by atoms with Crippen LogP contribution in [0.2, 0.25) is 0 Å². The normalized spacial score (nSPS) is 14.7. The molecule has 4 nitrogen and oxygen atoms in total. The Balaban J connectivity index is 2.06. The second-order valence-corrected chi connectivity index (χ2v) is 4.98. The van der Waals surface area contributed by atoms with Gasteiger partial charge in [-0.25, -0.2) is 9.97 Å². The van der Waals surface area contributed by atoms with Gasteiger partial charge in [-0.1, -0.05) is 13.8 Å². The minimum atomic E-state index is 0.383. The van der Waals surface area contributed by atoms with Crippen LogP contribution in [-0.2, 0) is 0 Å². The maximum Gasteiger partial charge on any atom is 0.158 e. The predicted octanol–water partition coefficient (Wildman–Crippen LogP) is 2.36. The maximum atomic E-state index is 8.70. The Morgan fingerprint density at radius 1 is 1.41 bits per heavy atom. The first-order chi connectivity index (χ1) is 8.20. The molecule has 1 aromatic rings. The molecule has 2 rings (SSSR count). The summed E-state index contributed by atoms with van der Waals surface area (Å²) in [6, 6.07) is 2.63. The molecule has 1 aliphatic carbocycles. The standard InChI is InChI=1S/C13H18N4/c1-10(2)5-6-17(12-3-4-12)13-9-15-11(7-14)8-16-13/h8-10,12H,3-6H2,1-2H3. The molecule has 1 aliphatic rings. The van der Waals surface area contributed by atoms with E-state index < -0.39 is 0 Å². The molecule has 90 valence electrons. The fraction of sp³-hybridized carbons (Fsp3) is 0.615. The molecule has 0 bridgehead atoms. The molecule has 1 fully saturated rings. The molecule has 1 aromatic heterocycles. The van der Waals surface area contributed by atoms with Gasteiger partial charge in [-0.15, -0.1) is 0 Å². The summed E-state index contributed by atoms with van der Waals surface area (Å²) in [6.07, 6.45) is 6.94. The topological polar surface area (TPSA) is 52.8 Å². The number of nitriles is 1. The van der Waals surface area contributed by atoms with E-state index in [1.165, 1.54) is 12.8 Å². The van der Waals surface area contributed by atoms with Crippen molar-refractivity contribution >= 4 is 5.82 Å². The first-order valence-corrected chi connectivity index (χ1v) is 6.19. The van der Waals surface area contributed by atoms with Crippen molar-refractivity contribution in [1.82, 2.24) is 9.97 Å². The largest absolute Gasteiger partial charge is 0.352 e. The fourth-order valence-electron chi connectivity index (χ4n) is 1.79. The van der Waals surface area contributed by atoms with Crippen molar-refractivity contribution in [2.75, 3.05) is 11.4 Å². The predicted molar refractivity (Wildman–Crippen MR) is 66.6 cm³/mol. The third kappa shape index (κ3) is 3.16. The Labute approximate surface area is 102 Å². The first-order valence-electron chi connectivity index (χ1n) is 6.19. The van der Waals surface area contributed by atoms with Gasteiger partial charge in [-0.05, 0) is 25.2 Å². The molecule has 0 unspecified atom stereocenters. The minimum absolute atomic E-state index is 0.383. The highest BCUT2D eigenvalue weighted by molar-refractivity contribution is 5.40. The summed E-state index contributed by atoms with van der Waals surface area (Å²) in [5.74, 6) is 1.61.